The van der Waals surface area contributed by atoms with Gasteiger partial charge in [-0.1, -0.05) is 47.8 Å². The van der Waals surface area contributed by atoms with Gasteiger partial charge in [-0.2, -0.15) is 0 Å². The molecule has 0 saturated heterocycles. The van der Waals surface area contributed by atoms with Crippen molar-refractivity contribution in [3.05, 3.63) is 57.0 Å². The first-order valence-corrected chi connectivity index (χ1v) is 13.7. The summed E-state index contributed by atoms with van der Waals surface area (Å²) in [5, 5.41) is 3.60. The summed E-state index contributed by atoms with van der Waals surface area (Å²) in [6.45, 7) is 3.40. The number of amides is 2. The van der Waals surface area contributed by atoms with Gasteiger partial charge in [0.1, 0.15) is 18.3 Å². The van der Waals surface area contributed by atoms with E-state index in [-0.39, 0.29) is 23.2 Å². The highest BCUT2D eigenvalue weighted by Crippen LogP contribution is 2.30. The van der Waals surface area contributed by atoms with Crippen LogP contribution in [0.15, 0.2) is 36.4 Å². The molecular formula is C23H28Cl3N3O5S. The van der Waals surface area contributed by atoms with Crippen molar-refractivity contribution in [1.82, 2.24) is 10.2 Å². The number of carbonyl (C=O) groups excluding carboxylic acids is 2. The van der Waals surface area contributed by atoms with Crippen LogP contribution in [-0.4, -0.2) is 57.6 Å². The molecule has 0 unspecified atom stereocenters. The van der Waals surface area contributed by atoms with Gasteiger partial charge in [0.05, 0.1) is 34.1 Å². The van der Waals surface area contributed by atoms with Crippen LogP contribution in [0.4, 0.5) is 5.69 Å². The summed E-state index contributed by atoms with van der Waals surface area (Å²) in [6, 6.07) is 8.38. The fraction of sp³-hybridized carbons (Fsp3) is 0.391. The Morgan fingerprint density at radius 1 is 1.06 bits per heavy atom. The van der Waals surface area contributed by atoms with E-state index in [9.17, 15) is 18.0 Å². The van der Waals surface area contributed by atoms with E-state index in [4.69, 9.17) is 39.5 Å². The van der Waals surface area contributed by atoms with Gasteiger partial charge >= 0.3 is 0 Å². The summed E-state index contributed by atoms with van der Waals surface area (Å²) in [4.78, 5) is 27.5. The fourth-order valence-corrected chi connectivity index (χ4v) is 4.65. The molecule has 0 aliphatic heterocycles. The second-order valence-corrected chi connectivity index (χ2v) is 11.0. The standard InChI is InChI=1S/C23H28Cl3N3O5S/c1-5-10-27-23(31)15(2)28(13-16-6-8-18(24)19(25)11-16)22(30)14-29(35(4,32)33)17-7-9-21(34-3)20(26)12-17/h6-9,11-12,15H,5,10,13-14H2,1-4H3,(H,27,31)/t15-/m0/s1. The molecule has 12 heteroatoms. The maximum absolute atomic E-state index is 13.5. The predicted octanol–water partition coefficient (Wildman–Crippen LogP) is 4.36. The Morgan fingerprint density at radius 3 is 2.29 bits per heavy atom. The van der Waals surface area contributed by atoms with Gasteiger partial charge in [-0.05, 0) is 49.2 Å². The molecule has 0 saturated carbocycles. The monoisotopic (exact) mass is 563 g/mol. The van der Waals surface area contributed by atoms with Crippen molar-refractivity contribution in [3.63, 3.8) is 0 Å². The molecule has 0 aliphatic carbocycles. The van der Waals surface area contributed by atoms with Crippen LogP contribution in [0, 0.1) is 0 Å². The Morgan fingerprint density at radius 2 is 1.74 bits per heavy atom. The minimum Gasteiger partial charge on any atom is -0.495 e. The second kappa shape index (κ2) is 12.7. The van der Waals surface area contributed by atoms with E-state index in [1.54, 1.807) is 25.1 Å². The van der Waals surface area contributed by atoms with E-state index < -0.39 is 28.5 Å². The smallest absolute Gasteiger partial charge is 0.244 e. The number of sulfonamides is 1. The zero-order valence-electron chi connectivity index (χ0n) is 19.8. The fourth-order valence-electron chi connectivity index (χ4n) is 3.24. The number of benzene rings is 2. The first-order chi connectivity index (χ1) is 16.4. The summed E-state index contributed by atoms with van der Waals surface area (Å²) in [5.74, 6) is -0.594. The summed E-state index contributed by atoms with van der Waals surface area (Å²) in [5.41, 5.74) is 0.811. The van der Waals surface area contributed by atoms with E-state index in [1.807, 2.05) is 6.92 Å². The Labute approximate surface area is 221 Å². The van der Waals surface area contributed by atoms with Crippen LogP contribution in [0.1, 0.15) is 25.8 Å². The molecule has 0 aliphatic rings. The first kappa shape index (κ1) is 29.0. The lowest BCUT2D eigenvalue weighted by molar-refractivity contribution is -0.139. The number of hydrogen-bond donors (Lipinski definition) is 1. The topological polar surface area (TPSA) is 96.0 Å². The predicted molar refractivity (Wildman–Crippen MR) is 140 cm³/mol. The number of halogens is 3. The lowest BCUT2D eigenvalue weighted by atomic mass is 10.1. The Kier molecular flexibility index (Phi) is 10.5. The van der Waals surface area contributed by atoms with Crippen LogP contribution in [0.25, 0.3) is 0 Å². The normalized spacial score (nSPS) is 12.1. The van der Waals surface area contributed by atoms with Gasteiger partial charge in [-0.15, -0.1) is 0 Å². The molecule has 0 fully saturated rings. The van der Waals surface area contributed by atoms with Crippen molar-refractivity contribution in [3.8, 4) is 5.75 Å². The van der Waals surface area contributed by atoms with Gasteiger partial charge in [-0.3, -0.25) is 13.9 Å². The van der Waals surface area contributed by atoms with Crippen molar-refractivity contribution in [2.24, 2.45) is 0 Å². The molecule has 0 bridgehead atoms. The molecule has 0 aromatic heterocycles. The molecule has 8 nitrogen and oxygen atoms in total. The van der Waals surface area contributed by atoms with Crippen molar-refractivity contribution in [2.75, 3.05) is 30.8 Å². The maximum atomic E-state index is 13.5. The van der Waals surface area contributed by atoms with Gasteiger partial charge in [0, 0.05) is 13.1 Å². The number of anilines is 1. The first-order valence-electron chi connectivity index (χ1n) is 10.7. The number of ether oxygens (including phenoxy) is 1. The minimum atomic E-state index is -3.88. The molecule has 35 heavy (non-hydrogen) atoms. The van der Waals surface area contributed by atoms with Crippen LogP contribution < -0.4 is 14.4 Å². The summed E-state index contributed by atoms with van der Waals surface area (Å²) in [7, 11) is -2.45. The number of methoxy groups -OCH3 is 1. The summed E-state index contributed by atoms with van der Waals surface area (Å²) < 4.78 is 31.3. The van der Waals surface area contributed by atoms with Crippen molar-refractivity contribution < 1.29 is 22.7 Å². The molecule has 1 N–H and O–H groups in total. The Hall–Kier alpha value is -2.20. The van der Waals surface area contributed by atoms with Gasteiger partial charge < -0.3 is 15.0 Å². The Balaban J connectivity index is 2.42. The lowest BCUT2D eigenvalue weighted by Gasteiger charge is -2.31. The SMILES string of the molecule is CCCNC(=O)[C@H](C)N(Cc1ccc(Cl)c(Cl)c1)C(=O)CN(c1ccc(OC)c(Cl)c1)S(C)(=O)=O. The minimum absolute atomic E-state index is 0.0113. The molecule has 192 valence electrons. The van der Waals surface area contributed by atoms with E-state index in [0.29, 0.717) is 27.9 Å². The van der Waals surface area contributed by atoms with Crippen LogP contribution in [0.5, 0.6) is 5.75 Å². The van der Waals surface area contributed by atoms with Crippen molar-refractivity contribution in [2.45, 2.75) is 32.9 Å². The maximum Gasteiger partial charge on any atom is 0.244 e. The number of hydrogen-bond acceptors (Lipinski definition) is 5. The zero-order chi connectivity index (χ0) is 26.3. The Bertz CT molecular complexity index is 1180. The molecule has 2 amide bonds. The quantitative estimate of drug-likeness (QED) is 0.437. The van der Waals surface area contributed by atoms with Gasteiger partial charge in [0.15, 0.2) is 0 Å². The van der Waals surface area contributed by atoms with E-state index in [2.05, 4.69) is 5.32 Å². The second-order valence-electron chi connectivity index (χ2n) is 7.83. The molecule has 2 rings (SSSR count). The largest absolute Gasteiger partial charge is 0.495 e. The van der Waals surface area contributed by atoms with Gasteiger partial charge in [0.25, 0.3) is 0 Å². The number of nitrogens with zero attached hydrogens (tertiary/aromatic N) is 2. The highest BCUT2D eigenvalue weighted by molar-refractivity contribution is 7.92. The third-order valence-corrected chi connectivity index (χ3v) is 7.33. The van der Waals surface area contributed by atoms with E-state index >= 15 is 0 Å². The highest BCUT2D eigenvalue weighted by atomic mass is 35.5. The van der Waals surface area contributed by atoms with Crippen LogP contribution in [-0.2, 0) is 26.2 Å². The summed E-state index contributed by atoms with van der Waals surface area (Å²) in [6.07, 6.45) is 1.71. The molecule has 1 atom stereocenters. The molecule has 0 spiro atoms. The van der Waals surface area contributed by atoms with E-state index in [0.717, 1.165) is 17.0 Å². The van der Waals surface area contributed by atoms with Gasteiger partial charge in [0.2, 0.25) is 21.8 Å². The molecule has 0 heterocycles. The third-order valence-electron chi connectivity index (χ3n) is 5.16. The molecular weight excluding hydrogens is 537 g/mol. The number of nitrogens with one attached hydrogen (secondary N) is 1. The number of carbonyl (C=O) groups is 2. The van der Waals surface area contributed by atoms with Gasteiger partial charge in [-0.25, -0.2) is 8.42 Å². The lowest BCUT2D eigenvalue weighted by Crippen LogP contribution is -2.51. The summed E-state index contributed by atoms with van der Waals surface area (Å²) >= 11 is 18.3. The van der Waals surface area contributed by atoms with Crippen LogP contribution in [0.3, 0.4) is 0 Å². The number of rotatable bonds is 11. The average Bonchev–Trinajstić information content (AvgIpc) is 2.80. The van der Waals surface area contributed by atoms with Crippen molar-refractivity contribution in [1.29, 1.82) is 0 Å². The molecule has 2 aromatic carbocycles. The zero-order valence-corrected chi connectivity index (χ0v) is 22.9. The van der Waals surface area contributed by atoms with Crippen LogP contribution in [0.2, 0.25) is 15.1 Å². The molecule has 2 aromatic rings. The average molecular weight is 565 g/mol. The van der Waals surface area contributed by atoms with E-state index in [1.165, 1.54) is 30.2 Å². The molecule has 0 radical (unpaired) electrons. The van der Waals surface area contributed by atoms with Crippen molar-refractivity contribution >= 4 is 62.3 Å². The highest BCUT2D eigenvalue weighted by Gasteiger charge is 2.30. The van der Waals surface area contributed by atoms with Crippen LogP contribution >= 0.6 is 34.8 Å². The third kappa shape index (κ3) is 7.90.